The van der Waals surface area contributed by atoms with Crippen molar-refractivity contribution < 1.29 is 0 Å². The summed E-state index contributed by atoms with van der Waals surface area (Å²) < 4.78 is 0. The fraction of sp³-hybridized carbons (Fsp3) is 0.286. The number of pyridine rings is 3. The van der Waals surface area contributed by atoms with Gasteiger partial charge >= 0.3 is 0 Å². The van der Waals surface area contributed by atoms with Crippen LogP contribution in [0, 0.1) is 0 Å². The molecular formula is C21H23N5. The smallest absolute Gasteiger partial charge is 0.116 e. The van der Waals surface area contributed by atoms with Gasteiger partial charge in [0.05, 0.1) is 16.9 Å². The van der Waals surface area contributed by atoms with E-state index in [4.69, 9.17) is 0 Å². The minimum absolute atomic E-state index is 0.412. The Morgan fingerprint density at radius 3 is 2.00 bits per heavy atom. The first-order chi connectivity index (χ1) is 12.6. The molecule has 0 atom stereocenters. The van der Waals surface area contributed by atoms with Crippen LogP contribution in [0.4, 0.5) is 0 Å². The van der Waals surface area contributed by atoms with Crippen LogP contribution >= 0.6 is 0 Å². The van der Waals surface area contributed by atoms with Crippen LogP contribution in [0.15, 0.2) is 55.5 Å². The van der Waals surface area contributed by atoms with Crippen LogP contribution in [0.3, 0.4) is 0 Å². The summed E-state index contributed by atoms with van der Waals surface area (Å²) in [6, 6.07) is 5.94. The third-order valence-electron chi connectivity index (χ3n) is 4.16. The summed E-state index contributed by atoms with van der Waals surface area (Å²) in [7, 11) is 0. The first kappa shape index (κ1) is 17.9. The van der Waals surface area contributed by atoms with E-state index in [9.17, 15) is 0 Å². The zero-order chi connectivity index (χ0) is 18.5. The molecule has 0 aromatic carbocycles. The third-order valence-corrected chi connectivity index (χ3v) is 4.16. The van der Waals surface area contributed by atoms with Gasteiger partial charge in [-0.25, -0.2) is 9.97 Å². The predicted octanol–water partition coefficient (Wildman–Crippen LogP) is 4.90. The molecule has 0 spiro atoms. The number of rotatable bonds is 2. The lowest BCUT2D eigenvalue weighted by Crippen LogP contribution is -1.95. The molecule has 4 aromatic heterocycles. The van der Waals surface area contributed by atoms with Crippen LogP contribution in [0.5, 0.6) is 0 Å². The van der Waals surface area contributed by atoms with Crippen LogP contribution in [-0.2, 0) is 0 Å². The monoisotopic (exact) mass is 345 g/mol. The van der Waals surface area contributed by atoms with Crippen molar-refractivity contribution in [1.82, 2.24) is 24.9 Å². The summed E-state index contributed by atoms with van der Waals surface area (Å²) in [5.41, 5.74) is 3.16. The van der Waals surface area contributed by atoms with Gasteiger partial charge in [-0.1, -0.05) is 27.7 Å². The topological polar surface area (TPSA) is 64.5 Å². The standard InChI is InChI=1S/C11H12N2.C10H11N3/c1-8(2)11-10-7-12-5-3-9(10)4-6-13-11;1-7(2)10-8-5-11-4-3-9(8)12-6-13-10/h3-8H,1-2H3;3-7H,1-2H3. The quantitative estimate of drug-likeness (QED) is 0.517. The highest BCUT2D eigenvalue weighted by Gasteiger charge is 2.06. The first-order valence-corrected chi connectivity index (χ1v) is 8.81. The number of aromatic nitrogens is 5. The van der Waals surface area contributed by atoms with Crippen molar-refractivity contribution in [2.45, 2.75) is 39.5 Å². The van der Waals surface area contributed by atoms with Gasteiger partial charge in [-0.3, -0.25) is 15.0 Å². The zero-order valence-electron chi connectivity index (χ0n) is 15.6. The molecule has 132 valence electrons. The van der Waals surface area contributed by atoms with Crippen molar-refractivity contribution in [1.29, 1.82) is 0 Å². The van der Waals surface area contributed by atoms with Gasteiger partial charge in [0.1, 0.15) is 6.33 Å². The molecule has 4 heterocycles. The van der Waals surface area contributed by atoms with E-state index < -0.39 is 0 Å². The van der Waals surface area contributed by atoms with E-state index in [-0.39, 0.29) is 0 Å². The number of hydrogen-bond acceptors (Lipinski definition) is 5. The van der Waals surface area contributed by atoms with Gasteiger partial charge in [0.15, 0.2) is 0 Å². The molecule has 0 aliphatic heterocycles. The molecular weight excluding hydrogens is 322 g/mol. The Morgan fingerprint density at radius 2 is 1.27 bits per heavy atom. The van der Waals surface area contributed by atoms with Crippen LogP contribution in [0.2, 0.25) is 0 Å². The molecule has 0 amide bonds. The average molecular weight is 345 g/mol. The Morgan fingerprint density at radius 1 is 0.654 bits per heavy atom. The summed E-state index contributed by atoms with van der Waals surface area (Å²) in [4.78, 5) is 21.0. The molecule has 0 N–H and O–H groups in total. The highest BCUT2D eigenvalue weighted by atomic mass is 14.8. The second-order valence-corrected chi connectivity index (χ2v) is 6.75. The van der Waals surface area contributed by atoms with Crippen LogP contribution < -0.4 is 0 Å². The van der Waals surface area contributed by atoms with Crippen molar-refractivity contribution in [3.63, 3.8) is 0 Å². The summed E-state index contributed by atoms with van der Waals surface area (Å²) in [5, 5.41) is 3.44. The average Bonchev–Trinajstić information content (AvgIpc) is 2.67. The fourth-order valence-electron chi connectivity index (χ4n) is 2.87. The molecule has 5 heteroatoms. The fourth-order valence-corrected chi connectivity index (χ4v) is 2.87. The maximum atomic E-state index is 4.37. The summed E-state index contributed by atoms with van der Waals surface area (Å²) in [6.07, 6.45) is 10.7. The lowest BCUT2D eigenvalue weighted by Gasteiger charge is -2.07. The van der Waals surface area contributed by atoms with Gasteiger partial charge in [-0.05, 0) is 35.4 Å². The van der Waals surface area contributed by atoms with Gasteiger partial charge < -0.3 is 0 Å². The van der Waals surface area contributed by atoms with E-state index in [0.29, 0.717) is 11.8 Å². The molecule has 0 bridgehead atoms. The van der Waals surface area contributed by atoms with Gasteiger partial charge in [0.25, 0.3) is 0 Å². The molecule has 0 unspecified atom stereocenters. The molecule has 0 saturated carbocycles. The molecule has 4 rings (SSSR count). The van der Waals surface area contributed by atoms with E-state index in [1.165, 1.54) is 10.8 Å². The summed E-state index contributed by atoms with van der Waals surface area (Å²) >= 11 is 0. The molecule has 0 aliphatic carbocycles. The van der Waals surface area contributed by atoms with E-state index in [0.717, 1.165) is 22.3 Å². The maximum Gasteiger partial charge on any atom is 0.116 e. The van der Waals surface area contributed by atoms with Gasteiger partial charge in [0.2, 0.25) is 0 Å². The Labute approximate surface area is 153 Å². The highest BCUT2D eigenvalue weighted by Crippen LogP contribution is 2.21. The lowest BCUT2D eigenvalue weighted by molar-refractivity contribution is 0.828. The lowest BCUT2D eigenvalue weighted by atomic mass is 10.0. The SMILES string of the molecule is CC(C)c1nccc2ccncc12.CC(C)c1ncnc2ccncc12. The number of hydrogen-bond donors (Lipinski definition) is 0. The summed E-state index contributed by atoms with van der Waals surface area (Å²) in [6.45, 7) is 8.53. The highest BCUT2D eigenvalue weighted by molar-refractivity contribution is 5.83. The number of nitrogens with zero attached hydrogens (tertiary/aromatic N) is 5. The Balaban J connectivity index is 0.000000151. The van der Waals surface area contributed by atoms with Gasteiger partial charge in [-0.15, -0.1) is 0 Å². The maximum absolute atomic E-state index is 4.37. The van der Waals surface area contributed by atoms with E-state index >= 15 is 0 Å². The minimum Gasteiger partial charge on any atom is -0.264 e. The second-order valence-electron chi connectivity index (χ2n) is 6.75. The van der Waals surface area contributed by atoms with Crippen LogP contribution in [0.1, 0.15) is 50.9 Å². The van der Waals surface area contributed by atoms with E-state index in [1.54, 1.807) is 12.5 Å². The van der Waals surface area contributed by atoms with Gasteiger partial charge in [0, 0.05) is 41.8 Å². The Hall–Kier alpha value is -2.95. The van der Waals surface area contributed by atoms with Gasteiger partial charge in [-0.2, -0.15) is 0 Å². The zero-order valence-corrected chi connectivity index (χ0v) is 15.6. The molecule has 0 aliphatic rings. The molecule has 26 heavy (non-hydrogen) atoms. The summed E-state index contributed by atoms with van der Waals surface area (Å²) in [5.74, 6) is 0.864. The molecule has 4 aromatic rings. The van der Waals surface area contributed by atoms with Crippen molar-refractivity contribution in [3.05, 3.63) is 66.9 Å². The van der Waals surface area contributed by atoms with Crippen molar-refractivity contribution in [2.75, 3.05) is 0 Å². The van der Waals surface area contributed by atoms with Crippen molar-refractivity contribution in [2.24, 2.45) is 0 Å². The first-order valence-electron chi connectivity index (χ1n) is 8.81. The predicted molar refractivity (Wildman–Crippen MR) is 105 cm³/mol. The second kappa shape index (κ2) is 7.95. The van der Waals surface area contributed by atoms with E-state index in [2.05, 4.69) is 52.6 Å². The Bertz CT molecular complexity index is 917. The minimum atomic E-state index is 0.412. The molecule has 0 saturated heterocycles. The number of fused-ring (bicyclic) bond motifs is 2. The molecule has 5 nitrogen and oxygen atoms in total. The van der Waals surface area contributed by atoms with Crippen molar-refractivity contribution in [3.8, 4) is 0 Å². The Kier molecular flexibility index (Phi) is 5.46. The van der Waals surface area contributed by atoms with E-state index in [1.807, 2.05) is 43.0 Å². The largest absolute Gasteiger partial charge is 0.264 e. The third kappa shape index (κ3) is 3.82. The molecule has 0 radical (unpaired) electrons. The van der Waals surface area contributed by atoms with Crippen LogP contribution in [-0.4, -0.2) is 24.9 Å². The molecule has 0 fully saturated rings. The van der Waals surface area contributed by atoms with Crippen molar-refractivity contribution >= 4 is 21.7 Å². The normalized spacial score (nSPS) is 11.0. The van der Waals surface area contributed by atoms with Crippen LogP contribution in [0.25, 0.3) is 21.7 Å².